The molecule has 2 rings (SSSR count). The number of unbranched alkanes of at least 4 members (excludes halogenated alkanes) is 1. The molecule has 164 valence electrons. The van der Waals surface area contributed by atoms with Crippen LogP contribution in [0.4, 0.5) is 0 Å². The minimum atomic E-state index is -0.148. The van der Waals surface area contributed by atoms with Crippen molar-refractivity contribution in [2.24, 2.45) is 29.4 Å². The van der Waals surface area contributed by atoms with E-state index in [0.29, 0.717) is 17.8 Å². The van der Waals surface area contributed by atoms with E-state index in [1.807, 2.05) is 6.20 Å². The third kappa shape index (κ3) is 7.38. The van der Waals surface area contributed by atoms with Crippen LogP contribution >= 0.6 is 0 Å². The second kappa shape index (κ2) is 11.7. The highest BCUT2D eigenvalue weighted by atomic mass is 16.6. The fourth-order valence-corrected chi connectivity index (χ4v) is 4.18. The van der Waals surface area contributed by atoms with Gasteiger partial charge in [-0.1, -0.05) is 27.7 Å². The minimum Gasteiger partial charge on any atom is -0.460 e. The van der Waals surface area contributed by atoms with Crippen LogP contribution in [-0.2, 0) is 27.1 Å². The molecule has 1 aromatic rings. The molecule has 0 amide bonds. The smallest absolute Gasteiger partial charge is 0.309 e. The SMILES string of the molecule is COCCCCc1cc(CC(CC(N)C2CC(C(C)C)C(=O)O2)C(C)C)ccn1. The van der Waals surface area contributed by atoms with Crippen LogP contribution in [0, 0.1) is 23.7 Å². The number of aromatic nitrogens is 1. The summed E-state index contributed by atoms with van der Waals surface area (Å²) in [6.07, 6.45) is 7.51. The summed E-state index contributed by atoms with van der Waals surface area (Å²) in [7, 11) is 1.74. The Morgan fingerprint density at radius 3 is 2.66 bits per heavy atom. The Labute approximate surface area is 176 Å². The fraction of sp³-hybridized carbons (Fsp3) is 0.750. The van der Waals surface area contributed by atoms with E-state index in [1.165, 1.54) is 5.56 Å². The van der Waals surface area contributed by atoms with Crippen molar-refractivity contribution < 1.29 is 14.3 Å². The zero-order valence-corrected chi connectivity index (χ0v) is 18.9. The van der Waals surface area contributed by atoms with Crippen molar-refractivity contribution in [1.29, 1.82) is 0 Å². The third-order valence-corrected chi connectivity index (χ3v) is 6.27. The summed E-state index contributed by atoms with van der Waals surface area (Å²) in [5.74, 6) is 1.18. The van der Waals surface area contributed by atoms with Gasteiger partial charge < -0.3 is 15.2 Å². The first-order valence-corrected chi connectivity index (χ1v) is 11.2. The van der Waals surface area contributed by atoms with E-state index in [1.54, 1.807) is 7.11 Å². The molecule has 4 atom stereocenters. The molecule has 0 aromatic carbocycles. The number of methoxy groups -OCH3 is 1. The van der Waals surface area contributed by atoms with Crippen LogP contribution in [0.1, 0.15) is 64.6 Å². The molecule has 0 spiro atoms. The predicted molar refractivity (Wildman–Crippen MR) is 117 cm³/mol. The van der Waals surface area contributed by atoms with Crippen LogP contribution in [0.5, 0.6) is 0 Å². The van der Waals surface area contributed by atoms with Crippen molar-refractivity contribution in [3.05, 3.63) is 29.6 Å². The Bertz CT molecular complexity index is 632. The highest BCUT2D eigenvalue weighted by molar-refractivity contribution is 5.75. The number of carbonyl (C=O) groups is 1. The molecular weight excluding hydrogens is 364 g/mol. The van der Waals surface area contributed by atoms with Gasteiger partial charge in [-0.2, -0.15) is 0 Å². The zero-order chi connectivity index (χ0) is 21.4. The Balaban J connectivity index is 1.94. The Hall–Kier alpha value is -1.46. The number of hydrogen-bond donors (Lipinski definition) is 1. The summed E-state index contributed by atoms with van der Waals surface area (Å²) in [4.78, 5) is 16.6. The Morgan fingerprint density at radius 1 is 1.28 bits per heavy atom. The van der Waals surface area contributed by atoms with Gasteiger partial charge >= 0.3 is 5.97 Å². The van der Waals surface area contributed by atoms with Gasteiger partial charge in [-0.05, 0) is 74.0 Å². The van der Waals surface area contributed by atoms with Crippen molar-refractivity contribution in [2.75, 3.05) is 13.7 Å². The quantitative estimate of drug-likeness (QED) is 0.418. The lowest BCUT2D eigenvalue weighted by Gasteiger charge is -2.27. The zero-order valence-electron chi connectivity index (χ0n) is 18.9. The maximum absolute atomic E-state index is 12.1. The van der Waals surface area contributed by atoms with Crippen LogP contribution in [0.25, 0.3) is 0 Å². The van der Waals surface area contributed by atoms with E-state index >= 15 is 0 Å². The highest BCUT2D eigenvalue weighted by Crippen LogP contribution is 2.32. The molecule has 0 aliphatic carbocycles. The topological polar surface area (TPSA) is 74.4 Å². The van der Waals surface area contributed by atoms with E-state index < -0.39 is 0 Å². The molecule has 1 aliphatic heterocycles. The average molecular weight is 405 g/mol. The van der Waals surface area contributed by atoms with Crippen LogP contribution < -0.4 is 5.73 Å². The first-order valence-electron chi connectivity index (χ1n) is 11.2. The first-order chi connectivity index (χ1) is 13.8. The van der Waals surface area contributed by atoms with Crippen molar-refractivity contribution in [3.63, 3.8) is 0 Å². The number of cyclic esters (lactones) is 1. The van der Waals surface area contributed by atoms with Gasteiger partial charge in [0.1, 0.15) is 6.10 Å². The monoisotopic (exact) mass is 404 g/mol. The number of carbonyl (C=O) groups excluding carboxylic acids is 1. The van der Waals surface area contributed by atoms with Gasteiger partial charge in [-0.3, -0.25) is 9.78 Å². The van der Waals surface area contributed by atoms with E-state index in [9.17, 15) is 4.79 Å². The van der Waals surface area contributed by atoms with Crippen LogP contribution in [0.15, 0.2) is 18.3 Å². The summed E-state index contributed by atoms with van der Waals surface area (Å²) in [6, 6.07) is 4.24. The maximum Gasteiger partial charge on any atom is 0.309 e. The van der Waals surface area contributed by atoms with Gasteiger partial charge in [0.2, 0.25) is 0 Å². The van der Waals surface area contributed by atoms with Crippen molar-refractivity contribution >= 4 is 5.97 Å². The van der Waals surface area contributed by atoms with Gasteiger partial charge in [0, 0.05) is 31.6 Å². The molecule has 1 aromatic heterocycles. The number of esters is 1. The van der Waals surface area contributed by atoms with Crippen LogP contribution in [0.3, 0.4) is 0 Å². The van der Waals surface area contributed by atoms with Gasteiger partial charge in [0.15, 0.2) is 0 Å². The van der Waals surface area contributed by atoms with Crippen LogP contribution in [-0.4, -0.2) is 36.8 Å². The number of nitrogens with two attached hydrogens (primary N) is 1. The average Bonchev–Trinajstić information content (AvgIpc) is 3.07. The second-order valence-corrected chi connectivity index (χ2v) is 9.27. The predicted octanol–water partition coefficient (Wildman–Crippen LogP) is 4.17. The molecule has 0 saturated carbocycles. The lowest BCUT2D eigenvalue weighted by molar-refractivity contribution is -0.146. The maximum atomic E-state index is 12.1. The highest BCUT2D eigenvalue weighted by Gasteiger charge is 2.39. The summed E-state index contributed by atoms with van der Waals surface area (Å²) >= 11 is 0. The molecule has 2 heterocycles. The standard InChI is InChI=1S/C24H40N2O3/c1-16(2)19(14-22(25)23-15-21(17(3)4)24(27)29-23)12-18-9-10-26-20(13-18)8-6-7-11-28-5/h9-10,13,16-17,19,21-23H,6-8,11-12,14-15,25H2,1-5H3. The molecule has 5 heteroatoms. The number of ether oxygens (including phenoxy) is 2. The number of nitrogens with zero attached hydrogens (tertiary/aromatic N) is 1. The number of rotatable bonds is 12. The van der Waals surface area contributed by atoms with Gasteiger partial charge in [-0.15, -0.1) is 0 Å². The van der Waals surface area contributed by atoms with E-state index in [2.05, 4.69) is 44.8 Å². The van der Waals surface area contributed by atoms with Crippen molar-refractivity contribution in [2.45, 2.75) is 78.4 Å². The third-order valence-electron chi connectivity index (χ3n) is 6.27. The number of aryl methyl sites for hydroxylation is 1. The molecule has 0 radical (unpaired) electrons. The largest absolute Gasteiger partial charge is 0.460 e. The molecule has 1 saturated heterocycles. The minimum absolute atomic E-state index is 0.00980. The molecule has 1 aliphatic rings. The molecule has 4 unspecified atom stereocenters. The van der Waals surface area contributed by atoms with E-state index in [4.69, 9.17) is 15.2 Å². The van der Waals surface area contributed by atoms with Crippen molar-refractivity contribution in [3.8, 4) is 0 Å². The lowest BCUT2D eigenvalue weighted by atomic mass is 9.82. The first kappa shape index (κ1) is 23.8. The van der Waals surface area contributed by atoms with Gasteiger partial charge in [-0.25, -0.2) is 0 Å². The van der Waals surface area contributed by atoms with Gasteiger partial charge in [0.05, 0.1) is 5.92 Å². The molecule has 1 fully saturated rings. The summed E-state index contributed by atoms with van der Waals surface area (Å²) < 4.78 is 10.8. The lowest BCUT2D eigenvalue weighted by Crippen LogP contribution is -2.37. The fourth-order valence-electron chi connectivity index (χ4n) is 4.18. The van der Waals surface area contributed by atoms with Crippen LogP contribution in [0.2, 0.25) is 0 Å². The Kier molecular flexibility index (Phi) is 9.57. The number of hydrogen-bond acceptors (Lipinski definition) is 5. The summed E-state index contributed by atoms with van der Waals surface area (Å²) in [5, 5.41) is 0. The summed E-state index contributed by atoms with van der Waals surface area (Å²) in [5.41, 5.74) is 8.98. The van der Waals surface area contributed by atoms with E-state index in [0.717, 1.165) is 50.8 Å². The van der Waals surface area contributed by atoms with E-state index in [-0.39, 0.29) is 24.0 Å². The van der Waals surface area contributed by atoms with Crippen molar-refractivity contribution in [1.82, 2.24) is 4.98 Å². The Morgan fingerprint density at radius 2 is 2.03 bits per heavy atom. The second-order valence-electron chi connectivity index (χ2n) is 9.27. The molecule has 29 heavy (non-hydrogen) atoms. The summed E-state index contributed by atoms with van der Waals surface area (Å²) in [6.45, 7) is 9.46. The molecule has 5 nitrogen and oxygen atoms in total. The molecule has 2 N–H and O–H groups in total. The number of pyridine rings is 1. The molecular formula is C24H40N2O3. The normalized spacial score (nSPS) is 21.6. The molecule has 0 bridgehead atoms. The van der Waals surface area contributed by atoms with Gasteiger partial charge in [0.25, 0.3) is 0 Å².